The number of methoxy groups -OCH3 is 1. The predicted octanol–water partition coefficient (Wildman–Crippen LogP) is 2.27. The molecule has 0 saturated heterocycles. The summed E-state index contributed by atoms with van der Waals surface area (Å²) in [4.78, 5) is 12.1. The first-order valence-corrected chi connectivity index (χ1v) is 7.17. The third-order valence-electron chi connectivity index (χ3n) is 3.83. The molecule has 0 aliphatic heterocycles. The van der Waals surface area contributed by atoms with Crippen molar-refractivity contribution in [2.75, 3.05) is 13.7 Å². The average molecular weight is 276 g/mol. The van der Waals surface area contributed by atoms with E-state index in [-0.39, 0.29) is 17.6 Å². The molecule has 1 atom stereocenters. The van der Waals surface area contributed by atoms with Gasteiger partial charge in [0.1, 0.15) is 0 Å². The molecule has 0 spiro atoms. The number of carbonyl (C=O) groups is 1. The van der Waals surface area contributed by atoms with Gasteiger partial charge in [-0.2, -0.15) is 0 Å². The van der Waals surface area contributed by atoms with E-state index in [2.05, 4.69) is 41.8 Å². The lowest BCUT2D eigenvalue weighted by atomic mass is 9.99. The lowest BCUT2D eigenvalue weighted by molar-refractivity contribution is 0.182. The van der Waals surface area contributed by atoms with Crippen LogP contribution in [0.1, 0.15) is 31.4 Å². The third-order valence-corrected chi connectivity index (χ3v) is 3.83. The molecular formula is C16H24N2O2. The molecule has 110 valence electrons. The fourth-order valence-electron chi connectivity index (χ4n) is 2.79. The van der Waals surface area contributed by atoms with Gasteiger partial charge in [-0.1, -0.05) is 24.3 Å². The molecule has 0 heterocycles. The van der Waals surface area contributed by atoms with E-state index in [1.807, 2.05) is 6.92 Å². The highest BCUT2D eigenvalue weighted by molar-refractivity contribution is 5.75. The second-order valence-corrected chi connectivity index (χ2v) is 5.96. The maximum absolute atomic E-state index is 12.1. The van der Waals surface area contributed by atoms with Crippen LogP contribution in [-0.2, 0) is 17.6 Å². The SMILES string of the molecule is COCCC(C)NC(=O)NC1(C)Cc2ccccc2C1. The largest absolute Gasteiger partial charge is 0.385 e. The van der Waals surface area contributed by atoms with Crippen molar-refractivity contribution in [3.8, 4) is 0 Å². The van der Waals surface area contributed by atoms with Crippen molar-refractivity contribution in [3.63, 3.8) is 0 Å². The number of benzene rings is 1. The van der Waals surface area contributed by atoms with Gasteiger partial charge in [0.2, 0.25) is 0 Å². The number of hydrogen-bond donors (Lipinski definition) is 2. The molecule has 1 aromatic carbocycles. The van der Waals surface area contributed by atoms with E-state index in [1.165, 1.54) is 11.1 Å². The molecule has 2 N–H and O–H groups in total. The molecule has 1 aromatic rings. The number of ether oxygens (including phenoxy) is 1. The van der Waals surface area contributed by atoms with Gasteiger partial charge < -0.3 is 15.4 Å². The molecule has 1 aliphatic carbocycles. The highest BCUT2D eigenvalue weighted by atomic mass is 16.5. The summed E-state index contributed by atoms with van der Waals surface area (Å²) in [5, 5.41) is 6.08. The number of rotatable bonds is 5. The topological polar surface area (TPSA) is 50.4 Å². The average Bonchev–Trinajstić information content (AvgIpc) is 2.71. The van der Waals surface area contributed by atoms with Crippen LogP contribution in [0, 0.1) is 0 Å². The number of urea groups is 1. The van der Waals surface area contributed by atoms with Gasteiger partial charge in [0.25, 0.3) is 0 Å². The summed E-state index contributed by atoms with van der Waals surface area (Å²) in [6.07, 6.45) is 2.60. The molecule has 4 nitrogen and oxygen atoms in total. The Balaban J connectivity index is 1.86. The van der Waals surface area contributed by atoms with E-state index < -0.39 is 0 Å². The normalized spacial score (nSPS) is 17.4. The molecule has 2 amide bonds. The Morgan fingerprint density at radius 2 is 1.95 bits per heavy atom. The lowest BCUT2D eigenvalue weighted by Gasteiger charge is -2.26. The first-order chi connectivity index (χ1) is 9.52. The molecule has 20 heavy (non-hydrogen) atoms. The zero-order chi connectivity index (χ0) is 14.6. The van der Waals surface area contributed by atoms with Crippen LogP contribution in [0.5, 0.6) is 0 Å². The van der Waals surface area contributed by atoms with Crippen molar-refractivity contribution < 1.29 is 9.53 Å². The summed E-state index contributed by atoms with van der Waals surface area (Å²) in [5.74, 6) is 0. The van der Waals surface area contributed by atoms with Crippen LogP contribution < -0.4 is 10.6 Å². The Bertz CT molecular complexity index is 448. The van der Waals surface area contributed by atoms with Crippen LogP contribution in [-0.4, -0.2) is 31.3 Å². The van der Waals surface area contributed by atoms with Crippen molar-refractivity contribution in [2.45, 2.75) is 44.7 Å². The van der Waals surface area contributed by atoms with Crippen LogP contribution >= 0.6 is 0 Å². The third kappa shape index (κ3) is 3.73. The van der Waals surface area contributed by atoms with E-state index in [0.717, 1.165) is 19.3 Å². The quantitative estimate of drug-likeness (QED) is 0.867. The van der Waals surface area contributed by atoms with Crippen LogP contribution in [0.2, 0.25) is 0 Å². The maximum atomic E-state index is 12.1. The van der Waals surface area contributed by atoms with Gasteiger partial charge in [-0.05, 0) is 44.2 Å². The van der Waals surface area contributed by atoms with Crippen LogP contribution in [0.25, 0.3) is 0 Å². The smallest absolute Gasteiger partial charge is 0.315 e. The molecule has 2 rings (SSSR count). The minimum atomic E-state index is -0.186. The zero-order valence-corrected chi connectivity index (χ0v) is 12.5. The number of amides is 2. The minimum absolute atomic E-state index is 0.0936. The van der Waals surface area contributed by atoms with Crippen molar-refractivity contribution in [1.29, 1.82) is 0 Å². The second kappa shape index (κ2) is 6.27. The van der Waals surface area contributed by atoms with Crippen LogP contribution in [0.4, 0.5) is 4.79 Å². The summed E-state index contributed by atoms with van der Waals surface area (Å²) in [7, 11) is 1.67. The molecular weight excluding hydrogens is 252 g/mol. The van der Waals surface area contributed by atoms with Crippen molar-refractivity contribution >= 4 is 6.03 Å². The molecule has 0 aromatic heterocycles. The summed E-state index contributed by atoms with van der Waals surface area (Å²) in [6.45, 7) is 4.75. The molecule has 0 saturated carbocycles. The number of hydrogen-bond acceptors (Lipinski definition) is 2. The molecule has 1 unspecified atom stereocenters. The Morgan fingerprint density at radius 3 is 2.50 bits per heavy atom. The summed E-state index contributed by atoms with van der Waals surface area (Å²) in [6, 6.07) is 8.41. The fraction of sp³-hybridized carbons (Fsp3) is 0.562. The Kier molecular flexibility index (Phi) is 4.65. The lowest BCUT2D eigenvalue weighted by Crippen LogP contribution is -2.52. The van der Waals surface area contributed by atoms with Crippen LogP contribution in [0.15, 0.2) is 24.3 Å². The zero-order valence-electron chi connectivity index (χ0n) is 12.5. The highest BCUT2D eigenvalue weighted by Gasteiger charge is 2.34. The van der Waals surface area contributed by atoms with E-state index >= 15 is 0 Å². The first-order valence-electron chi connectivity index (χ1n) is 7.17. The van der Waals surface area contributed by atoms with Gasteiger partial charge >= 0.3 is 6.03 Å². The van der Waals surface area contributed by atoms with Gasteiger partial charge in [0.15, 0.2) is 0 Å². The summed E-state index contributed by atoms with van der Waals surface area (Å²) >= 11 is 0. The van der Waals surface area contributed by atoms with Gasteiger partial charge in [0, 0.05) is 25.3 Å². The van der Waals surface area contributed by atoms with Gasteiger partial charge in [-0.25, -0.2) is 4.79 Å². The second-order valence-electron chi connectivity index (χ2n) is 5.96. The van der Waals surface area contributed by atoms with Crippen molar-refractivity contribution in [2.24, 2.45) is 0 Å². The highest BCUT2D eigenvalue weighted by Crippen LogP contribution is 2.29. The Morgan fingerprint density at radius 1 is 1.35 bits per heavy atom. The molecule has 4 heteroatoms. The Labute approximate surface area is 120 Å². The van der Waals surface area contributed by atoms with E-state index in [9.17, 15) is 4.79 Å². The first kappa shape index (κ1) is 14.9. The van der Waals surface area contributed by atoms with Crippen molar-refractivity contribution in [1.82, 2.24) is 10.6 Å². The van der Waals surface area contributed by atoms with E-state index in [0.29, 0.717) is 6.61 Å². The van der Waals surface area contributed by atoms with E-state index in [4.69, 9.17) is 4.74 Å². The Hall–Kier alpha value is -1.55. The fourth-order valence-corrected chi connectivity index (χ4v) is 2.79. The molecule has 0 bridgehead atoms. The van der Waals surface area contributed by atoms with Gasteiger partial charge in [0.05, 0.1) is 0 Å². The maximum Gasteiger partial charge on any atom is 0.315 e. The minimum Gasteiger partial charge on any atom is -0.385 e. The molecule has 0 radical (unpaired) electrons. The van der Waals surface area contributed by atoms with Gasteiger partial charge in [-0.3, -0.25) is 0 Å². The standard InChI is InChI=1S/C16H24N2O2/c1-12(8-9-20-3)17-15(19)18-16(2)10-13-6-4-5-7-14(13)11-16/h4-7,12H,8-11H2,1-3H3,(H2,17,18,19). The number of nitrogens with one attached hydrogen (secondary N) is 2. The molecule has 1 aliphatic rings. The summed E-state index contributed by atoms with van der Waals surface area (Å²) in [5.41, 5.74) is 2.49. The monoisotopic (exact) mass is 276 g/mol. The summed E-state index contributed by atoms with van der Waals surface area (Å²) < 4.78 is 5.02. The number of fused-ring (bicyclic) bond motifs is 1. The predicted molar refractivity (Wildman–Crippen MR) is 79.9 cm³/mol. The van der Waals surface area contributed by atoms with Gasteiger partial charge in [-0.15, -0.1) is 0 Å². The number of carbonyl (C=O) groups excluding carboxylic acids is 1. The van der Waals surface area contributed by atoms with Crippen LogP contribution in [0.3, 0.4) is 0 Å². The molecule has 0 fully saturated rings. The van der Waals surface area contributed by atoms with E-state index in [1.54, 1.807) is 7.11 Å². The van der Waals surface area contributed by atoms with Crippen molar-refractivity contribution in [3.05, 3.63) is 35.4 Å².